The van der Waals surface area contributed by atoms with Crippen molar-refractivity contribution in [2.24, 2.45) is 0 Å². The minimum atomic E-state index is -3.34. The molecule has 1 aliphatic rings. The Bertz CT molecular complexity index is 503. The van der Waals surface area contributed by atoms with E-state index in [1.807, 2.05) is 4.68 Å². The molecule has 1 saturated heterocycles. The van der Waals surface area contributed by atoms with Crippen molar-refractivity contribution in [3.8, 4) is 0 Å². The molecule has 2 N–H and O–H groups in total. The summed E-state index contributed by atoms with van der Waals surface area (Å²) in [5.41, 5.74) is 0.510. The van der Waals surface area contributed by atoms with Gasteiger partial charge in [0, 0.05) is 6.20 Å². The van der Waals surface area contributed by atoms with Gasteiger partial charge in [0.1, 0.15) is 0 Å². The molecule has 2 heterocycles. The Balaban J connectivity index is 2.03. The number of aromatic nitrogens is 2. The average Bonchev–Trinajstić information content (AvgIpc) is 2.77. The monoisotopic (exact) mass is 270 g/mol. The molecule has 18 heavy (non-hydrogen) atoms. The molecular weight excluding hydrogens is 252 g/mol. The van der Waals surface area contributed by atoms with E-state index in [0.29, 0.717) is 11.7 Å². The second kappa shape index (κ2) is 5.53. The predicted molar refractivity (Wildman–Crippen MR) is 71.0 cm³/mol. The van der Waals surface area contributed by atoms with Gasteiger partial charge in [-0.1, -0.05) is 6.08 Å². The summed E-state index contributed by atoms with van der Waals surface area (Å²) in [6, 6.07) is 0.351. The lowest BCUT2D eigenvalue weighted by Crippen LogP contribution is -2.29. The van der Waals surface area contributed by atoms with Crippen LogP contribution in [0.1, 0.15) is 18.9 Å². The molecule has 0 bridgehead atoms. The van der Waals surface area contributed by atoms with E-state index in [0.717, 1.165) is 25.9 Å². The van der Waals surface area contributed by atoms with Gasteiger partial charge in [0.15, 0.2) is 0 Å². The number of rotatable bonds is 5. The Morgan fingerprint density at radius 2 is 2.28 bits per heavy atom. The molecule has 1 fully saturated rings. The van der Waals surface area contributed by atoms with Crippen LogP contribution in [0.5, 0.6) is 0 Å². The van der Waals surface area contributed by atoms with Crippen LogP contribution in [-0.2, 0) is 10.0 Å². The van der Waals surface area contributed by atoms with Crippen LogP contribution in [0.2, 0.25) is 0 Å². The molecule has 0 unspecified atom stereocenters. The predicted octanol–water partition coefficient (Wildman–Crippen LogP) is 0.735. The second-order valence-corrected chi connectivity index (χ2v) is 6.13. The number of hydrogen-bond acceptors (Lipinski definition) is 4. The molecule has 0 aromatic carbocycles. The Morgan fingerprint density at radius 1 is 1.56 bits per heavy atom. The fraction of sp³-hybridized carbons (Fsp3) is 0.545. The number of hydrogen-bond donors (Lipinski definition) is 2. The molecule has 100 valence electrons. The molecule has 0 amide bonds. The van der Waals surface area contributed by atoms with E-state index in [9.17, 15) is 8.42 Å². The maximum absolute atomic E-state index is 11.6. The average molecular weight is 270 g/mol. The highest BCUT2D eigenvalue weighted by Crippen LogP contribution is 2.19. The maximum Gasteiger partial charge on any atom is 0.236 e. The van der Waals surface area contributed by atoms with Crippen LogP contribution in [0.3, 0.4) is 0 Å². The summed E-state index contributed by atoms with van der Waals surface area (Å²) in [5, 5.41) is 7.50. The van der Waals surface area contributed by atoms with Crippen LogP contribution >= 0.6 is 0 Å². The summed E-state index contributed by atoms with van der Waals surface area (Å²) >= 11 is 0. The van der Waals surface area contributed by atoms with E-state index in [4.69, 9.17) is 0 Å². The van der Waals surface area contributed by atoms with Crippen molar-refractivity contribution in [3.63, 3.8) is 0 Å². The van der Waals surface area contributed by atoms with Gasteiger partial charge in [0.25, 0.3) is 0 Å². The largest absolute Gasteiger partial charge is 0.317 e. The van der Waals surface area contributed by atoms with Crippen LogP contribution in [0.4, 0.5) is 5.69 Å². The molecule has 0 spiro atoms. The van der Waals surface area contributed by atoms with Crippen molar-refractivity contribution in [3.05, 3.63) is 25.0 Å². The van der Waals surface area contributed by atoms with Gasteiger partial charge in [0.05, 0.1) is 23.7 Å². The number of nitrogens with zero attached hydrogens (tertiary/aromatic N) is 2. The minimum Gasteiger partial charge on any atom is -0.317 e. The van der Waals surface area contributed by atoms with E-state index in [1.54, 1.807) is 12.4 Å². The molecule has 2 rings (SSSR count). The van der Waals surface area contributed by atoms with Gasteiger partial charge < -0.3 is 5.32 Å². The quantitative estimate of drug-likeness (QED) is 0.774. The van der Waals surface area contributed by atoms with Crippen molar-refractivity contribution in [1.82, 2.24) is 15.1 Å². The first kappa shape index (κ1) is 13.1. The standard InChI is InChI=1S/C11H18N4O2S/c1-2-7-18(16,17)14-10-8-13-15(9-10)11-3-5-12-6-4-11/h2,8-9,11-12,14H,1,3-7H2. The molecule has 1 aliphatic heterocycles. The number of anilines is 1. The zero-order valence-corrected chi connectivity index (χ0v) is 11.0. The number of piperidine rings is 1. The Labute approximate surface area is 107 Å². The molecular formula is C11H18N4O2S. The molecule has 1 aromatic rings. The van der Waals surface area contributed by atoms with Gasteiger partial charge in [-0.2, -0.15) is 5.10 Å². The molecule has 1 aromatic heterocycles. The van der Waals surface area contributed by atoms with Crippen LogP contribution in [-0.4, -0.2) is 37.0 Å². The first-order chi connectivity index (χ1) is 8.61. The van der Waals surface area contributed by atoms with Gasteiger partial charge in [-0.25, -0.2) is 8.42 Å². The zero-order valence-electron chi connectivity index (χ0n) is 10.2. The fourth-order valence-corrected chi connectivity index (χ4v) is 2.90. The Morgan fingerprint density at radius 3 is 2.94 bits per heavy atom. The highest BCUT2D eigenvalue weighted by molar-refractivity contribution is 7.92. The molecule has 0 aliphatic carbocycles. The normalized spacial score (nSPS) is 17.6. The third-order valence-corrected chi connectivity index (χ3v) is 4.12. The number of nitrogens with one attached hydrogen (secondary N) is 2. The van der Waals surface area contributed by atoms with Gasteiger partial charge in [0.2, 0.25) is 10.0 Å². The number of sulfonamides is 1. The molecule has 7 heteroatoms. The highest BCUT2D eigenvalue weighted by atomic mass is 32.2. The fourth-order valence-electron chi connectivity index (χ4n) is 2.04. The van der Waals surface area contributed by atoms with Crippen LogP contribution in [0.15, 0.2) is 25.0 Å². The smallest absolute Gasteiger partial charge is 0.236 e. The van der Waals surface area contributed by atoms with Gasteiger partial charge >= 0.3 is 0 Å². The third kappa shape index (κ3) is 3.33. The van der Waals surface area contributed by atoms with Crippen molar-refractivity contribution in [2.75, 3.05) is 23.6 Å². The van der Waals surface area contributed by atoms with E-state index >= 15 is 0 Å². The summed E-state index contributed by atoms with van der Waals surface area (Å²) in [6.07, 6.45) is 6.68. The lowest BCUT2D eigenvalue weighted by molar-refractivity contribution is 0.343. The van der Waals surface area contributed by atoms with E-state index in [1.165, 1.54) is 6.08 Å². The van der Waals surface area contributed by atoms with Crippen LogP contribution in [0, 0.1) is 0 Å². The summed E-state index contributed by atoms with van der Waals surface area (Å²) in [4.78, 5) is 0. The topological polar surface area (TPSA) is 76.0 Å². The summed E-state index contributed by atoms with van der Waals surface area (Å²) in [6.45, 7) is 5.37. The second-order valence-electron chi connectivity index (χ2n) is 4.36. The summed E-state index contributed by atoms with van der Waals surface area (Å²) < 4.78 is 27.4. The van der Waals surface area contributed by atoms with Crippen molar-refractivity contribution in [1.29, 1.82) is 0 Å². The summed E-state index contributed by atoms with van der Waals surface area (Å²) in [7, 11) is -3.34. The van der Waals surface area contributed by atoms with E-state index in [2.05, 4.69) is 21.7 Å². The van der Waals surface area contributed by atoms with Crippen molar-refractivity contribution in [2.45, 2.75) is 18.9 Å². The van der Waals surface area contributed by atoms with Crippen LogP contribution < -0.4 is 10.0 Å². The van der Waals surface area contributed by atoms with Crippen LogP contribution in [0.25, 0.3) is 0 Å². The van der Waals surface area contributed by atoms with E-state index in [-0.39, 0.29) is 5.75 Å². The maximum atomic E-state index is 11.6. The molecule has 6 nitrogen and oxygen atoms in total. The van der Waals surface area contributed by atoms with Crippen molar-refractivity contribution < 1.29 is 8.42 Å². The lowest BCUT2D eigenvalue weighted by atomic mass is 10.1. The highest BCUT2D eigenvalue weighted by Gasteiger charge is 2.16. The first-order valence-corrected chi connectivity index (χ1v) is 7.62. The Hall–Kier alpha value is -1.34. The molecule has 0 atom stereocenters. The van der Waals surface area contributed by atoms with Crippen molar-refractivity contribution >= 4 is 15.7 Å². The van der Waals surface area contributed by atoms with Gasteiger partial charge in [-0.3, -0.25) is 9.40 Å². The zero-order chi connectivity index (χ0) is 13.0. The Kier molecular flexibility index (Phi) is 4.03. The summed E-state index contributed by atoms with van der Waals surface area (Å²) in [5.74, 6) is -0.0917. The third-order valence-electron chi connectivity index (χ3n) is 2.89. The minimum absolute atomic E-state index is 0.0917. The SMILES string of the molecule is C=CCS(=O)(=O)Nc1cnn(C2CCNCC2)c1. The molecule has 0 radical (unpaired) electrons. The molecule has 0 saturated carbocycles. The van der Waals surface area contributed by atoms with E-state index < -0.39 is 10.0 Å². The van der Waals surface area contributed by atoms with Gasteiger partial charge in [-0.15, -0.1) is 6.58 Å². The lowest BCUT2D eigenvalue weighted by Gasteiger charge is -2.22. The van der Waals surface area contributed by atoms with Gasteiger partial charge in [-0.05, 0) is 25.9 Å². The first-order valence-electron chi connectivity index (χ1n) is 5.97.